The molecule has 1 heterocycles. The molecule has 2 rings (SSSR count). The molecule has 1 aromatic rings. The number of benzene rings is 1. The highest BCUT2D eigenvalue weighted by Crippen LogP contribution is 2.37. The molecule has 1 aliphatic rings. The first-order valence-corrected chi connectivity index (χ1v) is 6.47. The van der Waals surface area contributed by atoms with Crippen LogP contribution in [0.4, 0.5) is 0 Å². The number of para-hydroxylation sites is 1. The van der Waals surface area contributed by atoms with E-state index in [1.54, 1.807) is 0 Å². The van der Waals surface area contributed by atoms with Gasteiger partial charge in [0.2, 0.25) is 0 Å². The Morgan fingerprint density at radius 1 is 1.44 bits per heavy atom. The fourth-order valence-corrected chi connectivity index (χ4v) is 2.35. The molecule has 3 nitrogen and oxygen atoms in total. The smallest absolute Gasteiger partial charge is 0.306 e. The standard InChI is InChI=1S/C15H20O3/c1-4-17-13(16)9-8-11-6-5-7-12-10-15(2,3)18-14(11)12/h5-7H,4,8-10H2,1-3H3. The largest absolute Gasteiger partial charge is 0.487 e. The zero-order valence-electron chi connectivity index (χ0n) is 11.3. The predicted molar refractivity (Wildman–Crippen MR) is 69.8 cm³/mol. The van der Waals surface area contributed by atoms with Crippen LogP contribution in [0.3, 0.4) is 0 Å². The zero-order valence-corrected chi connectivity index (χ0v) is 11.3. The number of hydrogen-bond acceptors (Lipinski definition) is 3. The molecule has 1 aliphatic heterocycles. The molecule has 18 heavy (non-hydrogen) atoms. The molecule has 1 aromatic carbocycles. The summed E-state index contributed by atoms with van der Waals surface area (Å²) >= 11 is 0. The second kappa shape index (κ2) is 5.01. The number of carbonyl (C=O) groups is 1. The summed E-state index contributed by atoms with van der Waals surface area (Å²) in [6, 6.07) is 6.15. The third-order valence-electron chi connectivity index (χ3n) is 3.08. The summed E-state index contributed by atoms with van der Waals surface area (Å²) in [6.45, 7) is 6.43. The van der Waals surface area contributed by atoms with E-state index < -0.39 is 0 Å². The molecule has 0 amide bonds. The molecule has 0 saturated heterocycles. The Balaban J connectivity index is 2.08. The van der Waals surface area contributed by atoms with Crippen LogP contribution in [0.5, 0.6) is 5.75 Å². The maximum absolute atomic E-state index is 11.4. The summed E-state index contributed by atoms with van der Waals surface area (Å²) < 4.78 is 10.9. The number of esters is 1. The highest BCUT2D eigenvalue weighted by Gasteiger charge is 2.31. The van der Waals surface area contributed by atoms with Crippen molar-refractivity contribution in [2.45, 2.75) is 45.6 Å². The maximum Gasteiger partial charge on any atom is 0.306 e. The molecule has 0 bridgehead atoms. The molecule has 0 N–H and O–H groups in total. The van der Waals surface area contributed by atoms with Crippen LogP contribution in [0.1, 0.15) is 38.3 Å². The molecule has 0 aromatic heterocycles. The lowest BCUT2D eigenvalue weighted by molar-refractivity contribution is -0.143. The highest BCUT2D eigenvalue weighted by atomic mass is 16.5. The van der Waals surface area contributed by atoms with Crippen molar-refractivity contribution in [3.63, 3.8) is 0 Å². The molecule has 0 aliphatic carbocycles. The molecule has 0 saturated carbocycles. The highest BCUT2D eigenvalue weighted by molar-refractivity contribution is 5.70. The number of fused-ring (bicyclic) bond motifs is 1. The van der Waals surface area contributed by atoms with E-state index in [9.17, 15) is 4.79 Å². The van der Waals surface area contributed by atoms with E-state index in [0.717, 1.165) is 17.7 Å². The molecule has 0 atom stereocenters. The fourth-order valence-electron chi connectivity index (χ4n) is 2.35. The summed E-state index contributed by atoms with van der Waals surface area (Å²) in [5.41, 5.74) is 2.20. The van der Waals surface area contributed by atoms with E-state index in [0.29, 0.717) is 19.4 Å². The van der Waals surface area contributed by atoms with Crippen molar-refractivity contribution in [2.75, 3.05) is 6.61 Å². The molecule has 0 unspecified atom stereocenters. The Morgan fingerprint density at radius 2 is 2.22 bits per heavy atom. The second-order valence-electron chi connectivity index (χ2n) is 5.25. The number of hydrogen-bond donors (Lipinski definition) is 0. The van der Waals surface area contributed by atoms with Crippen LogP contribution >= 0.6 is 0 Å². The van der Waals surface area contributed by atoms with Crippen molar-refractivity contribution in [3.05, 3.63) is 29.3 Å². The number of rotatable bonds is 4. The first kappa shape index (κ1) is 12.9. The molecule has 3 heteroatoms. The Labute approximate surface area is 108 Å². The van der Waals surface area contributed by atoms with Crippen molar-refractivity contribution in [1.82, 2.24) is 0 Å². The van der Waals surface area contributed by atoms with Crippen LogP contribution in [0.15, 0.2) is 18.2 Å². The van der Waals surface area contributed by atoms with Crippen LogP contribution in [-0.2, 0) is 22.4 Å². The molecule has 0 fully saturated rings. The minimum atomic E-state index is -0.146. The predicted octanol–water partition coefficient (Wildman–Crippen LogP) is 2.90. The minimum absolute atomic E-state index is 0.137. The quantitative estimate of drug-likeness (QED) is 0.769. The van der Waals surface area contributed by atoms with Crippen molar-refractivity contribution in [2.24, 2.45) is 0 Å². The molecule has 0 spiro atoms. The van der Waals surface area contributed by atoms with Gasteiger partial charge in [-0.25, -0.2) is 0 Å². The number of aryl methyl sites for hydroxylation is 1. The zero-order chi connectivity index (χ0) is 13.2. The SMILES string of the molecule is CCOC(=O)CCc1cccc2c1OC(C)(C)C2. The van der Waals surface area contributed by atoms with Crippen molar-refractivity contribution in [1.29, 1.82) is 0 Å². The molecular formula is C15H20O3. The molecular weight excluding hydrogens is 228 g/mol. The van der Waals surface area contributed by atoms with Gasteiger partial charge in [-0.15, -0.1) is 0 Å². The van der Waals surface area contributed by atoms with Gasteiger partial charge in [0.25, 0.3) is 0 Å². The van der Waals surface area contributed by atoms with Crippen molar-refractivity contribution in [3.8, 4) is 5.75 Å². The van der Waals surface area contributed by atoms with E-state index in [-0.39, 0.29) is 11.6 Å². The Morgan fingerprint density at radius 3 is 2.94 bits per heavy atom. The Bertz CT molecular complexity index is 449. The lowest BCUT2D eigenvalue weighted by Crippen LogP contribution is -2.24. The van der Waals surface area contributed by atoms with Gasteiger partial charge in [-0.2, -0.15) is 0 Å². The van der Waals surface area contributed by atoms with E-state index in [2.05, 4.69) is 19.9 Å². The fraction of sp³-hybridized carbons (Fsp3) is 0.533. The van der Waals surface area contributed by atoms with E-state index in [1.807, 2.05) is 19.1 Å². The topological polar surface area (TPSA) is 35.5 Å². The average Bonchev–Trinajstić information content (AvgIpc) is 2.61. The van der Waals surface area contributed by atoms with Gasteiger partial charge in [0, 0.05) is 12.8 Å². The summed E-state index contributed by atoms with van der Waals surface area (Å²) in [5, 5.41) is 0. The third-order valence-corrected chi connectivity index (χ3v) is 3.08. The van der Waals surface area contributed by atoms with Crippen LogP contribution in [0, 0.1) is 0 Å². The van der Waals surface area contributed by atoms with Crippen LogP contribution in [0.2, 0.25) is 0 Å². The van der Waals surface area contributed by atoms with Gasteiger partial charge in [0.1, 0.15) is 11.4 Å². The van der Waals surface area contributed by atoms with E-state index in [4.69, 9.17) is 9.47 Å². The molecule has 98 valence electrons. The summed E-state index contributed by atoms with van der Waals surface area (Å²) in [5.74, 6) is 0.819. The van der Waals surface area contributed by atoms with Crippen molar-refractivity contribution < 1.29 is 14.3 Å². The maximum atomic E-state index is 11.4. The summed E-state index contributed by atoms with van der Waals surface area (Å²) in [7, 11) is 0. The van der Waals surface area contributed by atoms with Gasteiger partial charge in [-0.1, -0.05) is 18.2 Å². The number of ether oxygens (including phenoxy) is 2. The third kappa shape index (κ3) is 2.84. The first-order chi connectivity index (χ1) is 8.52. The van der Waals surface area contributed by atoms with Crippen LogP contribution in [-0.4, -0.2) is 18.2 Å². The van der Waals surface area contributed by atoms with Crippen LogP contribution < -0.4 is 4.74 Å². The lowest BCUT2D eigenvalue weighted by Gasteiger charge is -2.18. The monoisotopic (exact) mass is 248 g/mol. The summed E-state index contributed by atoms with van der Waals surface area (Å²) in [4.78, 5) is 11.4. The number of carbonyl (C=O) groups excluding carboxylic acids is 1. The average molecular weight is 248 g/mol. The Hall–Kier alpha value is -1.51. The first-order valence-electron chi connectivity index (χ1n) is 6.47. The van der Waals surface area contributed by atoms with Gasteiger partial charge >= 0.3 is 5.97 Å². The second-order valence-corrected chi connectivity index (χ2v) is 5.25. The van der Waals surface area contributed by atoms with E-state index in [1.165, 1.54) is 5.56 Å². The lowest BCUT2D eigenvalue weighted by atomic mass is 9.99. The van der Waals surface area contributed by atoms with Gasteiger partial charge in [-0.3, -0.25) is 4.79 Å². The van der Waals surface area contributed by atoms with Gasteiger partial charge < -0.3 is 9.47 Å². The molecule has 0 radical (unpaired) electrons. The summed E-state index contributed by atoms with van der Waals surface area (Å²) in [6.07, 6.45) is 2.02. The van der Waals surface area contributed by atoms with E-state index >= 15 is 0 Å². The Kier molecular flexibility index (Phi) is 3.60. The van der Waals surface area contributed by atoms with Crippen molar-refractivity contribution >= 4 is 5.97 Å². The normalized spacial score (nSPS) is 15.9. The van der Waals surface area contributed by atoms with Crippen LogP contribution in [0.25, 0.3) is 0 Å². The minimum Gasteiger partial charge on any atom is -0.487 e. The van der Waals surface area contributed by atoms with Gasteiger partial charge in [0.15, 0.2) is 0 Å². The van der Waals surface area contributed by atoms with Gasteiger partial charge in [-0.05, 0) is 38.3 Å². The van der Waals surface area contributed by atoms with Gasteiger partial charge in [0.05, 0.1) is 6.61 Å².